The first-order valence-corrected chi connectivity index (χ1v) is 3.32. The largest absolute Gasteiger partial charge is 0.365 e. The Labute approximate surface area is 56.4 Å². The monoisotopic (exact) mass is 123 g/mol. The van der Waals surface area contributed by atoms with Crippen molar-refractivity contribution < 1.29 is 4.74 Å². The molecule has 1 heterocycles. The SMILES string of the molecule is [CH2]CCC#CC1CCO1. The first kappa shape index (κ1) is 6.64. The second kappa shape index (κ2) is 3.53. The molecule has 0 N–H and O–H groups in total. The van der Waals surface area contributed by atoms with Gasteiger partial charge in [-0.1, -0.05) is 12.8 Å². The van der Waals surface area contributed by atoms with Crippen LogP contribution in [0.4, 0.5) is 0 Å². The van der Waals surface area contributed by atoms with Crippen molar-refractivity contribution in [3.63, 3.8) is 0 Å². The van der Waals surface area contributed by atoms with Crippen molar-refractivity contribution in [3.8, 4) is 11.8 Å². The van der Waals surface area contributed by atoms with Gasteiger partial charge in [-0.2, -0.15) is 0 Å². The van der Waals surface area contributed by atoms with Gasteiger partial charge >= 0.3 is 0 Å². The standard InChI is InChI=1S/C8H11O/c1-2-3-4-5-8-6-7-9-8/h8H,1-3,6-7H2. The first-order valence-electron chi connectivity index (χ1n) is 3.32. The lowest BCUT2D eigenvalue weighted by Gasteiger charge is -2.20. The fraction of sp³-hybridized carbons (Fsp3) is 0.625. The maximum absolute atomic E-state index is 5.08. The third-order valence-corrected chi connectivity index (χ3v) is 1.26. The van der Waals surface area contributed by atoms with Crippen LogP contribution < -0.4 is 0 Å². The fourth-order valence-corrected chi connectivity index (χ4v) is 0.624. The Kier molecular flexibility index (Phi) is 2.60. The number of rotatable bonds is 1. The van der Waals surface area contributed by atoms with Gasteiger partial charge < -0.3 is 4.74 Å². The van der Waals surface area contributed by atoms with Crippen molar-refractivity contribution in [2.45, 2.75) is 25.4 Å². The van der Waals surface area contributed by atoms with Gasteiger partial charge in [0.1, 0.15) is 6.10 Å². The van der Waals surface area contributed by atoms with Crippen LogP contribution in [0.1, 0.15) is 19.3 Å². The Morgan fingerprint density at radius 1 is 1.67 bits per heavy atom. The lowest BCUT2D eigenvalue weighted by molar-refractivity contribution is -0.0122. The Balaban J connectivity index is 2.08. The van der Waals surface area contributed by atoms with E-state index >= 15 is 0 Å². The molecule has 1 saturated heterocycles. The summed E-state index contributed by atoms with van der Waals surface area (Å²) in [5.41, 5.74) is 0. The summed E-state index contributed by atoms with van der Waals surface area (Å²) in [7, 11) is 0. The molecule has 1 aliphatic rings. The molecule has 1 heteroatoms. The molecule has 1 nitrogen and oxygen atoms in total. The molecule has 0 amide bonds. The van der Waals surface area contributed by atoms with Gasteiger partial charge in [0.05, 0.1) is 6.61 Å². The van der Waals surface area contributed by atoms with E-state index in [1.165, 1.54) is 0 Å². The van der Waals surface area contributed by atoms with Gasteiger partial charge in [0, 0.05) is 12.8 Å². The number of unbranched alkanes of at least 4 members (excludes halogenated alkanes) is 1. The summed E-state index contributed by atoms with van der Waals surface area (Å²) >= 11 is 0. The highest BCUT2D eigenvalue weighted by atomic mass is 16.5. The van der Waals surface area contributed by atoms with Crippen molar-refractivity contribution in [3.05, 3.63) is 6.92 Å². The van der Waals surface area contributed by atoms with Gasteiger partial charge in [0.2, 0.25) is 0 Å². The van der Waals surface area contributed by atoms with Crippen LogP contribution in [0.15, 0.2) is 0 Å². The van der Waals surface area contributed by atoms with E-state index in [1.807, 2.05) is 0 Å². The Hall–Kier alpha value is -0.480. The van der Waals surface area contributed by atoms with Crippen molar-refractivity contribution in [1.29, 1.82) is 0 Å². The van der Waals surface area contributed by atoms with Crippen molar-refractivity contribution >= 4 is 0 Å². The normalized spacial score (nSPS) is 23.9. The number of hydrogen-bond acceptors (Lipinski definition) is 1. The topological polar surface area (TPSA) is 9.23 Å². The van der Waals surface area contributed by atoms with Gasteiger partial charge in [-0.15, -0.1) is 5.92 Å². The zero-order chi connectivity index (χ0) is 6.53. The summed E-state index contributed by atoms with van der Waals surface area (Å²) in [5.74, 6) is 6.01. The highest BCUT2D eigenvalue weighted by molar-refractivity contribution is 5.07. The summed E-state index contributed by atoms with van der Waals surface area (Å²) in [6.07, 6.45) is 3.17. The molecule has 0 aromatic carbocycles. The predicted octanol–water partition coefficient (Wildman–Crippen LogP) is 1.39. The molecule has 1 aliphatic heterocycles. The van der Waals surface area contributed by atoms with Crippen molar-refractivity contribution in [1.82, 2.24) is 0 Å². The molecule has 0 spiro atoms. The third-order valence-electron chi connectivity index (χ3n) is 1.26. The van der Waals surface area contributed by atoms with Crippen molar-refractivity contribution in [2.24, 2.45) is 0 Å². The molecule has 1 radical (unpaired) electrons. The molecular formula is C8H11O. The van der Waals surface area contributed by atoms with Crippen LogP contribution in [0, 0.1) is 18.8 Å². The van der Waals surface area contributed by atoms with Crippen LogP contribution in [-0.4, -0.2) is 12.7 Å². The molecule has 0 aliphatic carbocycles. The maximum Gasteiger partial charge on any atom is 0.120 e. The van der Waals surface area contributed by atoms with Crippen LogP contribution in [0.5, 0.6) is 0 Å². The van der Waals surface area contributed by atoms with Gasteiger partial charge in [0.15, 0.2) is 0 Å². The summed E-state index contributed by atoms with van der Waals surface area (Å²) in [4.78, 5) is 0. The molecule has 1 rings (SSSR count). The summed E-state index contributed by atoms with van der Waals surface area (Å²) in [6.45, 7) is 4.58. The summed E-state index contributed by atoms with van der Waals surface area (Å²) in [5, 5.41) is 0. The van der Waals surface area contributed by atoms with Gasteiger partial charge in [0.25, 0.3) is 0 Å². The van der Waals surface area contributed by atoms with E-state index in [0.717, 1.165) is 25.9 Å². The van der Waals surface area contributed by atoms with E-state index in [0.29, 0.717) is 0 Å². The average Bonchev–Trinajstić information content (AvgIpc) is 1.76. The predicted molar refractivity (Wildman–Crippen MR) is 36.7 cm³/mol. The second-order valence-corrected chi connectivity index (χ2v) is 2.07. The Morgan fingerprint density at radius 2 is 2.44 bits per heavy atom. The van der Waals surface area contributed by atoms with E-state index in [4.69, 9.17) is 4.74 Å². The highest BCUT2D eigenvalue weighted by Crippen LogP contribution is 2.08. The van der Waals surface area contributed by atoms with Crippen LogP contribution in [0.2, 0.25) is 0 Å². The molecule has 0 saturated carbocycles. The zero-order valence-corrected chi connectivity index (χ0v) is 5.52. The van der Waals surface area contributed by atoms with E-state index < -0.39 is 0 Å². The molecule has 0 aromatic heterocycles. The Bertz CT molecular complexity index is 125. The number of hydrogen-bond donors (Lipinski definition) is 0. The molecule has 9 heavy (non-hydrogen) atoms. The molecule has 1 fully saturated rings. The van der Waals surface area contributed by atoms with E-state index in [2.05, 4.69) is 18.8 Å². The van der Waals surface area contributed by atoms with Gasteiger partial charge in [-0.05, 0) is 6.42 Å². The van der Waals surface area contributed by atoms with Gasteiger partial charge in [-0.3, -0.25) is 0 Å². The van der Waals surface area contributed by atoms with E-state index in [9.17, 15) is 0 Å². The Morgan fingerprint density at radius 3 is 2.89 bits per heavy atom. The first-order chi connectivity index (χ1) is 4.43. The number of ether oxygens (including phenoxy) is 1. The van der Waals surface area contributed by atoms with E-state index in [1.54, 1.807) is 0 Å². The fourth-order valence-electron chi connectivity index (χ4n) is 0.624. The molecule has 0 bridgehead atoms. The minimum atomic E-state index is 0.247. The minimum absolute atomic E-state index is 0.247. The van der Waals surface area contributed by atoms with Crippen LogP contribution in [-0.2, 0) is 4.74 Å². The van der Waals surface area contributed by atoms with E-state index in [-0.39, 0.29) is 6.10 Å². The molecular weight excluding hydrogens is 112 g/mol. The smallest absolute Gasteiger partial charge is 0.120 e. The lowest BCUT2D eigenvalue weighted by atomic mass is 10.2. The third kappa shape index (κ3) is 2.07. The molecule has 49 valence electrons. The zero-order valence-electron chi connectivity index (χ0n) is 5.52. The quantitative estimate of drug-likeness (QED) is 0.479. The molecule has 1 atom stereocenters. The van der Waals surface area contributed by atoms with Crippen LogP contribution in [0.3, 0.4) is 0 Å². The molecule has 1 unspecified atom stereocenters. The average molecular weight is 123 g/mol. The van der Waals surface area contributed by atoms with Crippen molar-refractivity contribution in [2.75, 3.05) is 6.61 Å². The maximum atomic E-state index is 5.08. The van der Waals surface area contributed by atoms with Crippen LogP contribution in [0.25, 0.3) is 0 Å². The minimum Gasteiger partial charge on any atom is -0.365 e. The van der Waals surface area contributed by atoms with Gasteiger partial charge in [-0.25, -0.2) is 0 Å². The molecule has 0 aromatic rings. The highest BCUT2D eigenvalue weighted by Gasteiger charge is 2.13. The summed E-state index contributed by atoms with van der Waals surface area (Å²) in [6, 6.07) is 0. The lowest BCUT2D eigenvalue weighted by Crippen LogP contribution is -2.24. The summed E-state index contributed by atoms with van der Waals surface area (Å²) < 4.78 is 5.08. The second-order valence-electron chi connectivity index (χ2n) is 2.07. The van der Waals surface area contributed by atoms with Crippen LogP contribution >= 0.6 is 0 Å².